The van der Waals surface area contributed by atoms with Crippen molar-refractivity contribution in [1.29, 1.82) is 0 Å². The van der Waals surface area contributed by atoms with Crippen molar-refractivity contribution in [1.82, 2.24) is 15.4 Å². The van der Waals surface area contributed by atoms with Crippen LogP contribution in [0.5, 0.6) is 0 Å². The number of aromatic amines is 1. The molecule has 0 bridgehead atoms. The number of fused-ring (bicyclic) bond motifs is 1. The molecule has 3 heteroatoms. The summed E-state index contributed by atoms with van der Waals surface area (Å²) < 4.78 is 0. The number of H-pyrrole nitrogens is 1. The largest absolute Gasteiger partial charge is 0.197 e. The number of nitrogens with zero attached hydrogens (tertiary/aromatic N) is 2. The van der Waals surface area contributed by atoms with E-state index in [1.165, 1.54) is 36.8 Å². The summed E-state index contributed by atoms with van der Waals surface area (Å²) in [5.74, 6) is 0.707. The molecule has 1 aliphatic rings. The average Bonchev–Trinajstić information content (AvgIpc) is 2.85. The molecule has 1 N–H and O–H groups in total. The van der Waals surface area contributed by atoms with Gasteiger partial charge < -0.3 is 0 Å². The van der Waals surface area contributed by atoms with Crippen LogP contribution in [-0.4, -0.2) is 15.4 Å². The standard InChI is InChI=1S/C12H15N3/c1-8-6-7-10-12(14-15-13-10)11(8)9-4-2-3-5-9/h6-7,9H,2-5H2,1H3,(H,13,14,15). The number of hydrogen-bond donors (Lipinski definition) is 1. The van der Waals surface area contributed by atoms with Crippen molar-refractivity contribution in [3.63, 3.8) is 0 Å². The first-order valence-electron chi connectivity index (χ1n) is 5.66. The highest BCUT2D eigenvalue weighted by molar-refractivity contribution is 5.79. The molecule has 1 aromatic heterocycles. The zero-order valence-corrected chi connectivity index (χ0v) is 8.95. The number of hydrogen-bond acceptors (Lipinski definition) is 2. The normalized spacial score (nSPS) is 17.7. The molecule has 1 heterocycles. The lowest BCUT2D eigenvalue weighted by Crippen LogP contribution is -1.97. The van der Waals surface area contributed by atoms with Crippen LogP contribution < -0.4 is 0 Å². The topological polar surface area (TPSA) is 41.6 Å². The highest BCUT2D eigenvalue weighted by Gasteiger charge is 2.22. The predicted molar refractivity (Wildman–Crippen MR) is 59.8 cm³/mol. The minimum absolute atomic E-state index is 0.707. The van der Waals surface area contributed by atoms with Crippen LogP contribution in [0, 0.1) is 6.92 Å². The number of rotatable bonds is 1. The first kappa shape index (κ1) is 8.89. The lowest BCUT2D eigenvalue weighted by atomic mass is 9.92. The highest BCUT2D eigenvalue weighted by atomic mass is 15.3. The predicted octanol–water partition coefficient (Wildman–Crippen LogP) is 2.92. The molecule has 3 nitrogen and oxygen atoms in total. The van der Waals surface area contributed by atoms with Gasteiger partial charge in [-0.15, -0.1) is 0 Å². The van der Waals surface area contributed by atoms with Crippen molar-refractivity contribution >= 4 is 11.0 Å². The molecule has 15 heavy (non-hydrogen) atoms. The summed E-state index contributed by atoms with van der Waals surface area (Å²) in [7, 11) is 0. The van der Waals surface area contributed by atoms with Crippen molar-refractivity contribution < 1.29 is 0 Å². The molecular formula is C12H15N3. The third-order valence-electron chi connectivity index (χ3n) is 3.51. The van der Waals surface area contributed by atoms with Crippen LogP contribution in [0.15, 0.2) is 12.1 Å². The molecule has 1 aliphatic carbocycles. The number of aromatic nitrogens is 3. The molecule has 0 spiro atoms. The second kappa shape index (κ2) is 3.33. The number of nitrogens with one attached hydrogen (secondary N) is 1. The minimum Gasteiger partial charge on any atom is -0.197 e. The second-order valence-corrected chi connectivity index (χ2v) is 4.47. The molecule has 0 saturated heterocycles. The Hall–Kier alpha value is -1.38. The Labute approximate surface area is 88.9 Å². The lowest BCUT2D eigenvalue weighted by Gasteiger charge is -2.12. The van der Waals surface area contributed by atoms with Gasteiger partial charge in [-0.1, -0.05) is 18.9 Å². The summed E-state index contributed by atoms with van der Waals surface area (Å²) in [5, 5.41) is 11.2. The molecule has 0 aliphatic heterocycles. The van der Waals surface area contributed by atoms with Crippen molar-refractivity contribution in [2.45, 2.75) is 38.5 Å². The Kier molecular flexibility index (Phi) is 1.97. The molecular weight excluding hydrogens is 186 g/mol. The van der Waals surface area contributed by atoms with Crippen LogP contribution in [-0.2, 0) is 0 Å². The van der Waals surface area contributed by atoms with Gasteiger partial charge in [-0.3, -0.25) is 0 Å². The molecule has 0 amide bonds. The summed E-state index contributed by atoms with van der Waals surface area (Å²) in [5.41, 5.74) is 4.88. The lowest BCUT2D eigenvalue weighted by molar-refractivity contribution is 0.722. The first-order chi connectivity index (χ1) is 7.36. The fraction of sp³-hybridized carbons (Fsp3) is 0.500. The third-order valence-corrected chi connectivity index (χ3v) is 3.51. The van der Waals surface area contributed by atoms with Crippen LogP contribution in [0.3, 0.4) is 0 Å². The van der Waals surface area contributed by atoms with Crippen LogP contribution in [0.25, 0.3) is 11.0 Å². The van der Waals surface area contributed by atoms with Crippen molar-refractivity contribution in [3.05, 3.63) is 23.3 Å². The quantitative estimate of drug-likeness (QED) is 0.770. The van der Waals surface area contributed by atoms with Crippen molar-refractivity contribution in [3.8, 4) is 0 Å². The monoisotopic (exact) mass is 201 g/mol. The zero-order valence-electron chi connectivity index (χ0n) is 8.95. The molecule has 1 aromatic carbocycles. The van der Waals surface area contributed by atoms with Gasteiger partial charge in [0.05, 0.1) is 0 Å². The summed E-state index contributed by atoms with van der Waals surface area (Å²) in [6.45, 7) is 2.18. The van der Waals surface area contributed by atoms with Crippen molar-refractivity contribution in [2.75, 3.05) is 0 Å². The van der Waals surface area contributed by atoms with E-state index in [-0.39, 0.29) is 0 Å². The zero-order chi connectivity index (χ0) is 10.3. The molecule has 0 unspecified atom stereocenters. The van der Waals surface area contributed by atoms with E-state index in [1.807, 2.05) is 6.07 Å². The van der Waals surface area contributed by atoms with Gasteiger partial charge in [-0.25, -0.2) is 0 Å². The summed E-state index contributed by atoms with van der Waals surface area (Å²) in [6, 6.07) is 4.21. The Balaban J connectivity index is 2.21. The van der Waals surface area contributed by atoms with Crippen LogP contribution >= 0.6 is 0 Å². The Morgan fingerprint density at radius 1 is 1.20 bits per heavy atom. The van der Waals surface area contributed by atoms with E-state index < -0.39 is 0 Å². The smallest absolute Gasteiger partial charge is 0.116 e. The van der Waals surface area contributed by atoms with Gasteiger partial charge >= 0.3 is 0 Å². The van der Waals surface area contributed by atoms with Gasteiger partial charge in [0.25, 0.3) is 0 Å². The molecule has 3 rings (SSSR count). The maximum absolute atomic E-state index is 4.29. The van der Waals surface area contributed by atoms with E-state index in [2.05, 4.69) is 28.4 Å². The molecule has 0 atom stereocenters. The second-order valence-electron chi connectivity index (χ2n) is 4.47. The van der Waals surface area contributed by atoms with Gasteiger partial charge in [0.15, 0.2) is 0 Å². The first-order valence-corrected chi connectivity index (χ1v) is 5.66. The van der Waals surface area contributed by atoms with Crippen molar-refractivity contribution in [2.24, 2.45) is 0 Å². The van der Waals surface area contributed by atoms with E-state index in [0.717, 1.165) is 11.0 Å². The minimum atomic E-state index is 0.707. The van der Waals surface area contributed by atoms with Gasteiger partial charge in [0.2, 0.25) is 0 Å². The molecule has 2 aromatic rings. The summed E-state index contributed by atoms with van der Waals surface area (Å²) >= 11 is 0. The average molecular weight is 201 g/mol. The maximum atomic E-state index is 4.29. The molecule has 78 valence electrons. The van der Waals surface area contributed by atoms with Gasteiger partial charge in [0.1, 0.15) is 11.0 Å². The van der Waals surface area contributed by atoms with E-state index in [4.69, 9.17) is 0 Å². The van der Waals surface area contributed by atoms with E-state index in [0.29, 0.717) is 5.92 Å². The molecule has 1 saturated carbocycles. The Bertz CT molecular complexity index is 481. The highest BCUT2D eigenvalue weighted by Crippen LogP contribution is 2.38. The molecule has 0 radical (unpaired) electrons. The van der Waals surface area contributed by atoms with Gasteiger partial charge in [0, 0.05) is 0 Å². The Morgan fingerprint density at radius 2 is 2.00 bits per heavy atom. The van der Waals surface area contributed by atoms with Crippen LogP contribution in [0.1, 0.15) is 42.7 Å². The fourth-order valence-corrected chi connectivity index (χ4v) is 2.76. The number of aryl methyl sites for hydroxylation is 1. The SMILES string of the molecule is Cc1ccc2n[nH]nc2c1C1CCCC1. The van der Waals surface area contributed by atoms with E-state index in [1.54, 1.807) is 0 Å². The summed E-state index contributed by atoms with van der Waals surface area (Å²) in [6.07, 6.45) is 5.34. The van der Waals surface area contributed by atoms with Gasteiger partial charge in [-0.2, -0.15) is 15.4 Å². The molecule has 1 fully saturated rings. The van der Waals surface area contributed by atoms with Gasteiger partial charge in [-0.05, 0) is 42.9 Å². The van der Waals surface area contributed by atoms with E-state index in [9.17, 15) is 0 Å². The van der Waals surface area contributed by atoms with E-state index >= 15 is 0 Å². The summed E-state index contributed by atoms with van der Waals surface area (Å²) in [4.78, 5) is 0. The maximum Gasteiger partial charge on any atom is 0.116 e. The Morgan fingerprint density at radius 3 is 2.80 bits per heavy atom. The number of benzene rings is 1. The van der Waals surface area contributed by atoms with Crippen LogP contribution in [0.2, 0.25) is 0 Å². The third kappa shape index (κ3) is 1.34. The fourth-order valence-electron chi connectivity index (χ4n) is 2.76. The van der Waals surface area contributed by atoms with Crippen LogP contribution in [0.4, 0.5) is 0 Å².